The molecule has 0 spiro atoms. The molecule has 0 saturated heterocycles. The van der Waals surface area contributed by atoms with E-state index in [-0.39, 0.29) is 0 Å². The number of hydrogen-bond donors (Lipinski definition) is 0. The molecular weight excluding hydrogens is 554 g/mol. The van der Waals surface area contributed by atoms with E-state index >= 15 is 0 Å². The van der Waals surface area contributed by atoms with Crippen LogP contribution in [0.2, 0.25) is 0 Å². The van der Waals surface area contributed by atoms with E-state index in [0.717, 1.165) is 62.4 Å². The normalized spacial score (nSPS) is 11.4. The minimum absolute atomic E-state index is 0.321. The summed E-state index contributed by atoms with van der Waals surface area (Å²) in [6.45, 7) is 2.40. The van der Waals surface area contributed by atoms with E-state index in [9.17, 15) is 5.26 Å². The lowest BCUT2D eigenvalue weighted by atomic mass is 9.77. The third-order valence-corrected chi connectivity index (χ3v) is 8.34. The highest BCUT2D eigenvalue weighted by atomic mass is 16.5. The Morgan fingerprint density at radius 2 is 1.38 bits per heavy atom. The predicted molar refractivity (Wildman–Crippen MR) is 177 cm³/mol. The van der Waals surface area contributed by atoms with E-state index in [1.54, 1.807) is 6.07 Å². The van der Waals surface area contributed by atoms with Crippen LogP contribution in [0.5, 0.6) is 5.75 Å². The van der Waals surface area contributed by atoms with Crippen LogP contribution in [0, 0.1) is 11.3 Å². The number of furan rings is 1. The molecule has 0 radical (unpaired) electrons. The highest BCUT2D eigenvalue weighted by molar-refractivity contribution is 5.96. The van der Waals surface area contributed by atoms with Gasteiger partial charge in [0.15, 0.2) is 0 Å². The molecule has 0 N–H and O–H groups in total. The number of fused-ring (bicyclic) bond motifs is 1. The summed E-state index contributed by atoms with van der Waals surface area (Å²) < 4.78 is 14.6. The van der Waals surface area contributed by atoms with Gasteiger partial charge in [0.25, 0.3) is 0 Å². The van der Waals surface area contributed by atoms with Crippen molar-refractivity contribution in [3.8, 4) is 22.9 Å². The summed E-state index contributed by atoms with van der Waals surface area (Å²) in [6, 6.07) is 47.5. The molecule has 2 aromatic heterocycles. The molecule has 45 heavy (non-hydrogen) atoms. The van der Waals surface area contributed by atoms with Gasteiger partial charge in [-0.1, -0.05) is 110 Å². The molecule has 0 unspecified atom stereocenters. The Balaban J connectivity index is 1.20. The van der Waals surface area contributed by atoms with Crippen LogP contribution in [-0.2, 0) is 18.6 Å². The zero-order valence-corrected chi connectivity index (χ0v) is 24.9. The quantitative estimate of drug-likeness (QED) is 0.159. The number of benzene rings is 5. The van der Waals surface area contributed by atoms with Crippen molar-refractivity contribution >= 4 is 11.0 Å². The van der Waals surface area contributed by atoms with Crippen LogP contribution in [0.4, 0.5) is 0 Å². The Labute approximate surface area is 262 Å². The average molecular weight is 586 g/mol. The summed E-state index contributed by atoms with van der Waals surface area (Å²) in [7, 11) is 0. The SMILES string of the molecule is CCc1oc2ccc(C#N)cc2c1-c1ccc(OCc2cn(C(c3ccccc3)(c3ccccc3)c3ccccc3)cn2)cc1. The molecule has 0 saturated carbocycles. The zero-order valence-electron chi connectivity index (χ0n) is 24.9. The maximum Gasteiger partial charge on any atom is 0.135 e. The first-order valence-electron chi connectivity index (χ1n) is 15.1. The van der Waals surface area contributed by atoms with Gasteiger partial charge in [0.1, 0.15) is 29.2 Å². The molecule has 0 aliphatic rings. The van der Waals surface area contributed by atoms with E-state index in [1.807, 2.05) is 60.9 Å². The minimum atomic E-state index is -0.619. The molecule has 218 valence electrons. The predicted octanol–water partition coefficient (Wildman–Crippen LogP) is 9.15. The fraction of sp³-hybridized carbons (Fsp3) is 0.100. The van der Waals surface area contributed by atoms with Gasteiger partial charge in [-0.05, 0) is 52.6 Å². The number of nitriles is 1. The second-order valence-electron chi connectivity index (χ2n) is 11.0. The number of rotatable bonds is 9. The lowest BCUT2D eigenvalue weighted by molar-refractivity contribution is 0.301. The highest BCUT2D eigenvalue weighted by Gasteiger charge is 2.38. The van der Waals surface area contributed by atoms with Crippen molar-refractivity contribution < 1.29 is 9.15 Å². The Morgan fingerprint density at radius 1 is 0.778 bits per heavy atom. The molecule has 5 aromatic carbocycles. The zero-order chi connectivity index (χ0) is 30.6. The minimum Gasteiger partial charge on any atom is -0.487 e. The topological polar surface area (TPSA) is 64.0 Å². The van der Waals surface area contributed by atoms with Gasteiger partial charge >= 0.3 is 0 Å². The lowest BCUT2D eigenvalue weighted by Crippen LogP contribution is -2.36. The van der Waals surface area contributed by atoms with Gasteiger partial charge in [0, 0.05) is 23.6 Å². The number of aromatic nitrogens is 2. The largest absolute Gasteiger partial charge is 0.487 e. The van der Waals surface area contributed by atoms with Crippen LogP contribution >= 0.6 is 0 Å². The van der Waals surface area contributed by atoms with Crippen molar-refractivity contribution in [2.75, 3.05) is 0 Å². The molecule has 0 amide bonds. The summed E-state index contributed by atoms with van der Waals surface area (Å²) in [4.78, 5) is 4.80. The van der Waals surface area contributed by atoms with E-state index in [4.69, 9.17) is 14.1 Å². The maximum atomic E-state index is 9.43. The van der Waals surface area contributed by atoms with Gasteiger partial charge in [-0.15, -0.1) is 0 Å². The van der Waals surface area contributed by atoms with Crippen molar-refractivity contribution in [2.24, 2.45) is 0 Å². The molecular formula is C40H31N3O2. The summed E-state index contributed by atoms with van der Waals surface area (Å²) in [5.41, 5.74) is 7.08. The molecule has 5 nitrogen and oxygen atoms in total. The van der Waals surface area contributed by atoms with Gasteiger partial charge in [-0.25, -0.2) is 4.98 Å². The van der Waals surface area contributed by atoms with Crippen molar-refractivity contribution in [1.82, 2.24) is 9.55 Å². The molecule has 0 bridgehead atoms. The molecule has 7 rings (SSSR count). The van der Waals surface area contributed by atoms with Crippen LogP contribution in [0.15, 0.2) is 150 Å². The first kappa shape index (κ1) is 27.9. The lowest BCUT2D eigenvalue weighted by Gasteiger charge is -2.37. The molecule has 0 fully saturated rings. The van der Waals surface area contributed by atoms with Crippen molar-refractivity contribution in [3.05, 3.63) is 180 Å². The highest BCUT2D eigenvalue weighted by Crippen LogP contribution is 2.41. The molecule has 0 aliphatic heterocycles. The van der Waals surface area contributed by atoms with Gasteiger partial charge in [0.2, 0.25) is 0 Å². The van der Waals surface area contributed by atoms with Gasteiger partial charge in [-0.3, -0.25) is 0 Å². The fourth-order valence-electron chi connectivity index (χ4n) is 6.27. The second-order valence-corrected chi connectivity index (χ2v) is 11.0. The third kappa shape index (κ3) is 5.07. The second kappa shape index (κ2) is 12.0. The Morgan fingerprint density at radius 3 is 1.93 bits per heavy atom. The van der Waals surface area contributed by atoms with Crippen LogP contribution in [0.3, 0.4) is 0 Å². The van der Waals surface area contributed by atoms with E-state index in [1.165, 1.54) is 0 Å². The Bertz CT molecular complexity index is 1990. The van der Waals surface area contributed by atoms with E-state index in [0.29, 0.717) is 12.2 Å². The number of ether oxygens (including phenoxy) is 1. The standard InChI is InChI=1S/C40H31N3O2/c1-2-37-39(36-24-29(25-41)18-23-38(36)45-37)30-19-21-35(22-20-30)44-27-34-26-43(28-42-34)40(31-12-6-3-7-13-31,32-14-8-4-9-15-32)33-16-10-5-11-17-33/h3-24,26,28H,2,27H2,1H3. The number of nitrogens with zero attached hydrogens (tertiary/aromatic N) is 3. The molecule has 7 aromatic rings. The fourth-order valence-corrected chi connectivity index (χ4v) is 6.27. The van der Waals surface area contributed by atoms with Gasteiger partial charge in [0.05, 0.1) is 23.7 Å². The maximum absolute atomic E-state index is 9.43. The number of hydrogen-bond acceptors (Lipinski definition) is 4. The third-order valence-electron chi connectivity index (χ3n) is 8.34. The average Bonchev–Trinajstić information content (AvgIpc) is 3.74. The summed E-state index contributed by atoms with van der Waals surface area (Å²) in [5.74, 6) is 1.65. The van der Waals surface area contributed by atoms with Crippen LogP contribution in [-0.4, -0.2) is 9.55 Å². The van der Waals surface area contributed by atoms with E-state index in [2.05, 4.69) is 96.6 Å². The number of imidazole rings is 1. The monoisotopic (exact) mass is 585 g/mol. The van der Waals surface area contributed by atoms with Crippen LogP contribution in [0.25, 0.3) is 22.1 Å². The molecule has 0 atom stereocenters. The molecule has 2 heterocycles. The van der Waals surface area contributed by atoms with Gasteiger partial charge in [-0.2, -0.15) is 5.26 Å². The molecule has 0 aliphatic carbocycles. The number of aryl methyl sites for hydroxylation is 1. The Kier molecular flexibility index (Phi) is 7.47. The summed E-state index contributed by atoms with van der Waals surface area (Å²) >= 11 is 0. The van der Waals surface area contributed by atoms with E-state index < -0.39 is 5.54 Å². The van der Waals surface area contributed by atoms with Crippen LogP contribution in [0.1, 0.15) is 40.6 Å². The van der Waals surface area contributed by atoms with Gasteiger partial charge < -0.3 is 13.7 Å². The summed E-state index contributed by atoms with van der Waals surface area (Å²) in [5, 5.41) is 10.4. The van der Waals surface area contributed by atoms with Crippen LogP contribution < -0.4 is 4.74 Å². The smallest absolute Gasteiger partial charge is 0.135 e. The first-order chi connectivity index (χ1) is 22.2. The first-order valence-corrected chi connectivity index (χ1v) is 15.1. The summed E-state index contributed by atoms with van der Waals surface area (Å²) in [6.07, 6.45) is 4.74. The Hall–Kier alpha value is -5.86. The van der Waals surface area contributed by atoms with Crippen molar-refractivity contribution in [1.29, 1.82) is 5.26 Å². The molecule has 5 heteroatoms. The van der Waals surface area contributed by atoms with Crippen molar-refractivity contribution in [3.63, 3.8) is 0 Å². The van der Waals surface area contributed by atoms with Crippen molar-refractivity contribution in [2.45, 2.75) is 25.5 Å².